The van der Waals surface area contributed by atoms with Gasteiger partial charge >= 0.3 is 0 Å². The Bertz CT molecular complexity index is 1100. The minimum absolute atomic E-state index is 0.00516. The number of anilines is 1. The molecule has 0 aliphatic carbocycles. The number of carbonyl (C=O) groups is 1. The smallest absolute Gasteiger partial charge is 0.274 e. The molecule has 4 aromatic rings. The fraction of sp³-hybridized carbons (Fsp3) is 0.174. The topological polar surface area (TPSA) is 64.2 Å². The Kier molecular flexibility index (Phi) is 5.24. The third-order valence-electron chi connectivity index (χ3n) is 4.78. The van der Waals surface area contributed by atoms with Gasteiger partial charge in [-0.05, 0) is 38.1 Å². The van der Waals surface area contributed by atoms with Gasteiger partial charge in [0.15, 0.2) is 0 Å². The maximum absolute atomic E-state index is 12.9. The number of hydrogen-bond acceptors (Lipinski definition) is 4. The summed E-state index contributed by atoms with van der Waals surface area (Å²) < 4.78 is 7.31. The molecule has 0 bridgehead atoms. The van der Waals surface area contributed by atoms with E-state index in [1.54, 1.807) is 4.90 Å². The summed E-state index contributed by atoms with van der Waals surface area (Å²) in [6.45, 7) is 4.78. The summed E-state index contributed by atoms with van der Waals surface area (Å²) in [5.74, 6) is 0.911. The van der Waals surface area contributed by atoms with E-state index in [1.165, 1.54) is 5.56 Å². The second kappa shape index (κ2) is 8.14. The van der Waals surface area contributed by atoms with E-state index in [1.807, 2.05) is 91.3 Å². The molecule has 1 amide bonds. The highest BCUT2D eigenvalue weighted by molar-refractivity contribution is 5.93. The predicted molar refractivity (Wildman–Crippen MR) is 112 cm³/mol. The minimum atomic E-state index is -0.00516. The number of carbonyl (C=O) groups excluding carboxylic acids is 1. The van der Waals surface area contributed by atoms with Gasteiger partial charge in [-0.2, -0.15) is 4.98 Å². The van der Waals surface area contributed by atoms with Crippen molar-refractivity contribution in [2.75, 3.05) is 11.4 Å². The lowest BCUT2D eigenvalue weighted by Gasteiger charge is -2.21. The lowest BCUT2D eigenvalue weighted by Crippen LogP contribution is -2.33. The molecule has 146 valence electrons. The molecule has 0 radical (unpaired) electrons. The highest BCUT2D eigenvalue weighted by atomic mass is 16.5. The number of para-hydroxylation sites is 1. The Morgan fingerprint density at radius 2 is 1.79 bits per heavy atom. The molecular formula is C23H22N4O2. The monoisotopic (exact) mass is 386 g/mol. The Morgan fingerprint density at radius 3 is 2.52 bits per heavy atom. The van der Waals surface area contributed by atoms with Crippen LogP contribution >= 0.6 is 0 Å². The molecule has 6 nitrogen and oxygen atoms in total. The molecule has 0 fully saturated rings. The summed E-state index contributed by atoms with van der Waals surface area (Å²) in [5, 5.41) is 4.10. The van der Waals surface area contributed by atoms with E-state index in [4.69, 9.17) is 4.52 Å². The van der Waals surface area contributed by atoms with E-state index in [-0.39, 0.29) is 12.5 Å². The maximum Gasteiger partial charge on any atom is 0.274 e. The molecule has 2 heterocycles. The molecule has 0 N–H and O–H groups in total. The predicted octanol–water partition coefficient (Wildman–Crippen LogP) is 4.57. The lowest BCUT2D eigenvalue weighted by molar-refractivity contribution is -0.119. The van der Waals surface area contributed by atoms with Gasteiger partial charge in [0.05, 0.1) is 0 Å². The molecular weight excluding hydrogens is 364 g/mol. The summed E-state index contributed by atoms with van der Waals surface area (Å²) >= 11 is 0. The van der Waals surface area contributed by atoms with Gasteiger partial charge in [0.25, 0.3) is 5.89 Å². The number of hydrogen-bond donors (Lipinski definition) is 0. The largest absolute Gasteiger partial charge is 0.334 e. The maximum atomic E-state index is 12.9. The molecule has 0 aliphatic rings. The molecule has 2 aromatic heterocycles. The zero-order valence-corrected chi connectivity index (χ0v) is 16.4. The number of aromatic nitrogens is 3. The minimum Gasteiger partial charge on any atom is -0.334 e. The van der Waals surface area contributed by atoms with E-state index in [0.717, 1.165) is 11.3 Å². The SMILES string of the molecule is CCN(C(=O)Cn1cccc1-c1nc(-c2ccc(C)cc2)no1)c1ccccc1. The normalized spacial score (nSPS) is 10.8. The van der Waals surface area contributed by atoms with Crippen molar-refractivity contribution in [1.29, 1.82) is 0 Å². The molecule has 6 heteroatoms. The summed E-state index contributed by atoms with van der Waals surface area (Å²) in [6.07, 6.45) is 1.85. The first-order chi connectivity index (χ1) is 14.2. The Hall–Kier alpha value is -3.67. The van der Waals surface area contributed by atoms with Crippen molar-refractivity contribution in [2.45, 2.75) is 20.4 Å². The highest BCUT2D eigenvalue weighted by Crippen LogP contribution is 2.23. The summed E-state index contributed by atoms with van der Waals surface area (Å²) in [6, 6.07) is 21.4. The van der Waals surface area contributed by atoms with E-state index in [9.17, 15) is 4.79 Å². The summed E-state index contributed by atoms with van der Waals surface area (Å²) in [7, 11) is 0. The Morgan fingerprint density at radius 1 is 1.03 bits per heavy atom. The second-order valence-electron chi connectivity index (χ2n) is 6.78. The van der Waals surface area contributed by atoms with E-state index >= 15 is 0 Å². The van der Waals surface area contributed by atoms with Crippen LogP contribution in [0.25, 0.3) is 23.0 Å². The Balaban J connectivity index is 1.56. The first kappa shape index (κ1) is 18.7. The van der Waals surface area contributed by atoms with Gasteiger partial charge in [-0.3, -0.25) is 4.79 Å². The first-order valence-corrected chi connectivity index (χ1v) is 9.57. The lowest BCUT2D eigenvalue weighted by atomic mass is 10.1. The third kappa shape index (κ3) is 3.96. The average Bonchev–Trinajstić information content (AvgIpc) is 3.39. The van der Waals surface area contributed by atoms with Crippen LogP contribution in [0.4, 0.5) is 5.69 Å². The van der Waals surface area contributed by atoms with Crippen LogP contribution in [0, 0.1) is 6.92 Å². The molecule has 0 spiro atoms. The van der Waals surface area contributed by atoms with Crippen molar-refractivity contribution >= 4 is 11.6 Å². The molecule has 0 saturated heterocycles. The van der Waals surface area contributed by atoms with Gasteiger partial charge in [-0.15, -0.1) is 0 Å². The van der Waals surface area contributed by atoms with Crippen molar-refractivity contribution < 1.29 is 9.32 Å². The van der Waals surface area contributed by atoms with Crippen molar-refractivity contribution in [1.82, 2.24) is 14.7 Å². The van der Waals surface area contributed by atoms with Crippen LogP contribution in [-0.4, -0.2) is 27.2 Å². The van der Waals surface area contributed by atoms with Crippen molar-refractivity contribution in [2.24, 2.45) is 0 Å². The van der Waals surface area contributed by atoms with Gasteiger partial charge in [-0.1, -0.05) is 53.2 Å². The van der Waals surface area contributed by atoms with Crippen LogP contribution in [0.3, 0.4) is 0 Å². The van der Waals surface area contributed by atoms with E-state index in [2.05, 4.69) is 10.1 Å². The van der Waals surface area contributed by atoms with Crippen LogP contribution in [0.1, 0.15) is 12.5 Å². The van der Waals surface area contributed by atoms with Crippen LogP contribution in [0.15, 0.2) is 77.4 Å². The Labute approximate surface area is 169 Å². The van der Waals surface area contributed by atoms with Crippen molar-refractivity contribution in [3.8, 4) is 23.0 Å². The highest BCUT2D eigenvalue weighted by Gasteiger charge is 2.18. The number of amides is 1. The molecule has 0 unspecified atom stereocenters. The van der Waals surface area contributed by atoms with Crippen LogP contribution in [0.2, 0.25) is 0 Å². The number of likely N-dealkylation sites (N-methyl/N-ethyl adjacent to an activating group) is 1. The fourth-order valence-corrected chi connectivity index (χ4v) is 3.24. The number of aryl methyl sites for hydroxylation is 1. The molecule has 29 heavy (non-hydrogen) atoms. The number of benzene rings is 2. The second-order valence-corrected chi connectivity index (χ2v) is 6.78. The first-order valence-electron chi connectivity index (χ1n) is 9.57. The molecule has 4 rings (SSSR count). The standard InChI is InChI=1S/C23H22N4O2/c1-3-27(19-8-5-4-6-9-19)21(28)16-26-15-7-10-20(26)23-24-22(25-29-23)18-13-11-17(2)12-14-18/h4-15H,3,16H2,1-2H3. The van der Waals surface area contributed by atoms with Crippen molar-refractivity contribution in [3.05, 3.63) is 78.5 Å². The quantitative estimate of drug-likeness (QED) is 0.487. The van der Waals surface area contributed by atoms with Crippen LogP contribution in [0.5, 0.6) is 0 Å². The third-order valence-corrected chi connectivity index (χ3v) is 4.78. The zero-order chi connectivity index (χ0) is 20.2. The zero-order valence-electron chi connectivity index (χ0n) is 16.4. The van der Waals surface area contributed by atoms with Gasteiger partial charge in [0, 0.05) is 24.0 Å². The summed E-state index contributed by atoms with van der Waals surface area (Å²) in [5.41, 5.74) is 3.66. The summed E-state index contributed by atoms with van der Waals surface area (Å²) in [4.78, 5) is 19.2. The molecule has 0 atom stereocenters. The van der Waals surface area contributed by atoms with Crippen molar-refractivity contribution in [3.63, 3.8) is 0 Å². The molecule has 0 aliphatic heterocycles. The number of nitrogens with zero attached hydrogens (tertiary/aromatic N) is 4. The van der Waals surface area contributed by atoms with E-state index in [0.29, 0.717) is 24.0 Å². The van der Waals surface area contributed by atoms with Gasteiger partial charge < -0.3 is 14.0 Å². The van der Waals surface area contributed by atoms with Crippen LogP contribution < -0.4 is 4.90 Å². The van der Waals surface area contributed by atoms with Crippen LogP contribution in [-0.2, 0) is 11.3 Å². The van der Waals surface area contributed by atoms with Gasteiger partial charge in [-0.25, -0.2) is 0 Å². The molecule has 0 saturated carbocycles. The number of rotatable bonds is 6. The van der Waals surface area contributed by atoms with E-state index < -0.39 is 0 Å². The van der Waals surface area contributed by atoms with Gasteiger partial charge in [0.2, 0.25) is 11.7 Å². The average molecular weight is 386 g/mol. The molecule has 2 aromatic carbocycles. The fourth-order valence-electron chi connectivity index (χ4n) is 3.24. The van der Waals surface area contributed by atoms with Gasteiger partial charge in [0.1, 0.15) is 12.2 Å².